The van der Waals surface area contributed by atoms with E-state index in [1.165, 1.54) is 7.05 Å². The van der Waals surface area contributed by atoms with Gasteiger partial charge in [-0.3, -0.25) is 14.5 Å². The third-order valence-corrected chi connectivity index (χ3v) is 6.29. The Morgan fingerprint density at radius 1 is 1.17 bits per heavy atom. The maximum absolute atomic E-state index is 12.7. The first-order valence-electron chi connectivity index (χ1n) is 10.5. The highest BCUT2D eigenvalue weighted by Crippen LogP contribution is 2.24. The van der Waals surface area contributed by atoms with Crippen LogP contribution in [0.3, 0.4) is 0 Å². The molecule has 4 rings (SSSR count). The summed E-state index contributed by atoms with van der Waals surface area (Å²) < 4.78 is 2.20. The predicted octanol–water partition coefficient (Wildman–Crippen LogP) is 2.72. The lowest BCUT2D eigenvalue weighted by Crippen LogP contribution is -2.44. The van der Waals surface area contributed by atoms with Crippen molar-refractivity contribution < 1.29 is 14.4 Å². The standard InChI is InChI=1S/C22H27N5O3/c1-15-17(21(29)25(2)22(30)24-15)7-8-20(28)26-11-9-16(10-12-26)13-27-14-23-18-5-3-4-6-19(18)27/h3-6,14,16-17H,7-13H2,1-2H3. The van der Waals surface area contributed by atoms with Gasteiger partial charge >= 0.3 is 6.03 Å². The number of aromatic nitrogens is 2. The molecule has 3 heterocycles. The molecule has 2 aliphatic heterocycles. The van der Waals surface area contributed by atoms with E-state index in [-0.39, 0.29) is 11.8 Å². The van der Waals surface area contributed by atoms with Crippen LogP contribution in [0.25, 0.3) is 11.0 Å². The average molecular weight is 409 g/mol. The number of carbonyl (C=O) groups excluding carboxylic acids is 3. The van der Waals surface area contributed by atoms with Gasteiger partial charge in [0.05, 0.1) is 23.3 Å². The van der Waals surface area contributed by atoms with E-state index in [1.54, 1.807) is 6.92 Å². The first-order chi connectivity index (χ1) is 14.4. The number of imidazole rings is 1. The summed E-state index contributed by atoms with van der Waals surface area (Å²) in [5.41, 5.74) is 2.66. The number of piperidine rings is 1. The number of urea groups is 1. The van der Waals surface area contributed by atoms with Gasteiger partial charge in [0.2, 0.25) is 11.8 Å². The quantitative estimate of drug-likeness (QED) is 0.760. The number of benzene rings is 1. The molecule has 1 fully saturated rings. The van der Waals surface area contributed by atoms with E-state index in [4.69, 9.17) is 0 Å². The van der Waals surface area contributed by atoms with Gasteiger partial charge in [0, 0.05) is 38.8 Å². The van der Waals surface area contributed by atoms with Crippen LogP contribution < -0.4 is 0 Å². The van der Waals surface area contributed by atoms with E-state index in [0.29, 0.717) is 24.5 Å². The van der Waals surface area contributed by atoms with Crippen LogP contribution in [0.4, 0.5) is 4.79 Å². The highest BCUT2D eigenvalue weighted by molar-refractivity contribution is 6.15. The monoisotopic (exact) mass is 409 g/mol. The SMILES string of the molecule is CC1=NC(=O)N(C)C(=O)C1CCC(=O)N1CCC(Cn2cnc3ccccc32)CC1. The van der Waals surface area contributed by atoms with Crippen LogP contribution in [0.15, 0.2) is 35.6 Å². The minimum atomic E-state index is -0.534. The Morgan fingerprint density at radius 2 is 1.90 bits per heavy atom. The van der Waals surface area contributed by atoms with Gasteiger partial charge < -0.3 is 9.47 Å². The van der Waals surface area contributed by atoms with Gasteiger partial charge in [-0.2, -0.15) is 0 Å². The van der Waals surface area contributed by atoms with Crippen LogP contribution in [-0.2, 0) is 16.1 Å². The molecule has 1 atom stereocenters. The Labute approximate surface area is 175 Å². The van der Waals surface area contributed by atoms with Crippen molar-refractivity contribution in [3.05, 3.63) is 30.6 Å². The number of rotatable bonds is 5. The fourth-order valence-corrected chi connectivity index (χ4v) is 4.37. The van der Waals surface area contributed by atoms with Gasteiger partial charge in [0.15, 0.2) is 0 Å². The summed E-state index contributed by atoms with van der Waals surface area (Å²) in [6.45, 7) is 4.07. The number of imide groups is 1. The van der Waals surface area contributed by atoms with Gasteiger partial charge in [0.1, 0.15) is 0 Å². The molecule has 1 aromatic carbocycles. The molecule has 8 heteroatoms. The van der Waals surface area contributed by atoms with Gasteiger partial charge in [-0.1, -0.05) is 12.1 Å². The molecule has 0 N–H and O–H groups in total. The number of hydrogen-bond donors (Lipinski definition) is 0. The Kier molecular flexibility index (Phi) is 5.65. The number of fused-ring (bicyclic) bond motifs is 1. The third kappa shape index (κ3) is 3.99. The molecule has 4 amide bonds. The van der Waals surface area contributed by atoms with E-state index in [1.807, 2.05) is 29.4 Å². The van der Waals surface area contributed by atoms with Crippen LogP contribution in [-0.4, -0.2) is 63.0 Å². The van der Waals surface area contributed by atoms with Gasteiger partial charge in [-0.15, -0.1) is 0 Å². The lowest BCUT2D eigenvalue weighted by atomic mass is 9.93. The van der Waals surface area contributed by atoms with E-state index in [2.05, 4.69) is 20.6 Å². The molecule has 158 valence electrons. The van der Waals surface area contributed by atoms with Crippen molar-refractivity contribution in [3.63, 3.8) is 0 Å². The molecule has 0 saturated carbocycles. The van der Waals surface area contributed by atoms with Crippen molar-refractivity contribution in [2.75, 3.05) is 20.1 Å². The minimum Gasteiger partial charge on any atom is -0.343 e. The van der Waals surface area contributed by atoms with E-state index < -0.39 is 11.9 Å². The lowest BCUT2D eigenvalue weighted by molar-refractivity contribution is -0.133. The van der Waals surface area contributed by atoms with Gasteiger partial charge in [0.25, 0.3) is 0 Å². The fourth-order valence-electron chi connectivity index (χ4n) is 4.37. The maximum Gasteiger partial charge on any atom is 0.349 e. The first-order valence-corrected chi connectivity index (χ1v) is 10.5. The van der Waals surface area contributed by atoms with Crippen molar-refractivity contribution in [2.24, 2.45) is 16.8 Å². The van der Waals surface area contributed by atoms with E-state index in [9.17, 15) is 14.4 Å². The lowest BCUT2D eigenvalue weighted by Gasteiger charge is -2.33. The molecule has 0 aliphatic carbocycles. The number of hydrogen-bond acceptors (Lipinski definition) is 4. The Balaban J connectivity index is 1.28. The van der Waals surface area contributed by atoms with Crippen molar-refractivity contribution in [1.82, 2.24) is 19.4 Å². The number of carbonyl (C=O) groups is 3. The minimum absolute atomic E-state index is 0.0710. The summed E-state index contributed by atoms with van der Waals surface area (Å²) in [6.07, 6.45) is 4.50. The van der Waals surface area contributed by atoms with Crippen LogP contribution in [0.2, 0.25) is 0 Å². The van der Waals surface area contributed by atoms with Gasteiger partial charge in [-0.05, 0) is 44.2 Å². The molecule has 1 saturated heterocycles. The number of amides is 4. The molecular formula is C22H27N5O3. The Hall–Kier alpha value is -3.03. The number of likely N-dealkylation sites (tertiary alicyclic amines) is 1. The molecule has 30 heavy (non-hydrogen) atoms. The largest absolute Gasteiger partial charge is 0.349 e. The van der Waals surface area contributed by atoms with Crippen LogP contribution in [0.5, 0.6) is 0 Å². The number of para-hydroxylation sites is 2. The smallest absolute Gasteiger partial charge is 0.343 e. The Morgan fingerprint density at radius 3 is 2.67 bits per heavy atom. The zero-order valence-electron chi connectivity index (χ0n) is 17.5. The molecule has 8 nitrogen and oxygen atoms in total. The molecule has 0 radical (unpaired) electrons. The topological polar surface area (TPSA) is 87.9 Å². The summed E-state index contributed by atoms with van der Waals surface area (Å²) in [6, 6.07) is 7.59. The molecule has 0 bridgehead atoms. The molecule has 2 aromatic rings. The van der Waals surface area contributed by atoms with Gasteiger partial charge in [-0.25, -0.2) is 14.8 Å². The second kappa shape index (κ2) is 8.38. The summed E-state index contributed by atoms with van der Waals surface area (Å²) >= 11 is 0. The van der Waals surface area contributed by atoms with Crippen LogP contribution >= 0.6 is 0 Å². The third-order valence-electron chi connectivity index (χ3n) is 6.29. The van der Waals surface area contributed by atoms with Crippen molar-refractivity contribution >= 4 is 34.6 Å². The molecule has 1 aromatic heterocycles. The average Bonchev–Trinajstić information content (AvgIpc) is 3.15. The summed E-state index contributed by atoms with van der Waals surface area (Å²) in [5.74, 6) is -0.169. The molecule has 2 aliphatic rings. The fraction of sp³-hybridized carbons (Fsp3) is 0.500. The zero-order chi connectivity index (χ0) is 21.3. The maximum atomic E-state index is 12.7. The van der Waals surface area contributed by atoms with Crippen molar-refractivity contribution in [3.8, 4) is 0 Å². The van der Waals surface area contributed by atoms with Crippen LogP contribution in [0.1, 0.15) is 32.6 Å². The molecular weight excluding hydrogens is 382 g/mol. The van der Waals surface area contributed by atoms with Crippen LogP contribution in [0, 0.1) is 11.8 Å². The molecule has 1 unspecified atom stereocenters. The highest BCUT2D eigenvalue weighted by atomic mass is 16.2. The van der Waals surface area contributed by atoms with E-state index >= 15 is 0 Å². The zero-order valence-corrected chi connectivity index (χ0v) is 17.5. The van der Waals surface area contributed by atoms with Crippen molar-refractivity contribution in [2.45, 2.75) is 39.2 Å². The Bertz CT molecular complexity index is 1000. The number of aliphatic imine (C=N–C) groups is 1. The summed E-state index contributed by atoms with van der Waals surface area (Å²) in [4.78, 5) is 47.9. The second-order valence-corrected chi connectivity index (χ2v) is 8.23. The summed E-state index contributed by atoms with van der Waals surface area (Å²) in [5, 5.41) is 0. The number of nitrogens with zero attached hydrogens (tertiary/aromatic N) is 5. The summed E-state index contributed by atoms with van der Waals surface area (Å²) in [7, 11) is 1.43. The second-order valence-electron chi connectivity index (χ2n) is 8.23. The molecule has 0 spiro atoms. The van der Waals surface area contributed by atoms with E-state index in [0.717, 1.165) is 48.4 Å². The first kappa shape index (κ1) is 20.3. The predicted molar refractivity (Wildman–Crippen MR) is 113 cm³/mol. The normalized spacial score (nSPS) is 20.7. The highest BCUT2D eigenvalue weighted by Gasteiger charge is 2.34. The van der Waals surface area contributed by atoms with Crippen molar-refractivity contribution in [1.29, 1.82) is 0 Å².